The lowest BCUT2D eigenvalue weighted by atomic mass is 10.1. The zero-order chi connectivity index (χ0) is 22.8. The van der Waals surface area contributed by atoms with Crippen LogP contribution in [0.5, 0.6) is 0 Å². The van der Waals surface area contributed by atoms with Crippen molar-refractivity contribution in [2.75, 3.05) is 0 Å². The average Bonchev–Trinajstić information content (AvgIpc) is 3.40. The Labute approximate surface area is 195 Å². The molecule has 5 aromatic rings. The first-order valence-corrected chi connectivity index (χ1v) is 10.7. The van der Waals surface area contributed by atoms with Crippen LogP contribution in [-0.4, -0.2) is 31.3 Å². The number of halogens is 1. The van der Waals surface area contributed by atoms with E-state index in [1.54, 1.807) is 28.4 Å². The molecule has 8 heteroatoms. The first kappa shape index (κ1) is 20.7. The summed E-state index contributed by atoms with van der Waals surface area (Å²) in [5.41, 5.74) is 7.70. The minimum Gasteiger partial charge on any atom is -0.295 e. The van der Waals surface area contributed by atoms with Gasteiger partial charge in [-0.05, 0) is 48.9 Å². The molecule has 7 nitrogen and oxygen atoms in total. The molecule has 0 radical (unpaired) electrons. The molecule has 0 aliphatic carbocycles. The maximum atomic E-state index is 12.8. The predicted octanol–water partition coefficient (Wildman–Crippen LogP) is 4.91. The van der Waals surface area contributed by atoms with Crippen molar-refractivity contribution >= 4 is 29.4 Å². The number of amides is 1. The topological polar surface area (TPSA) is 76.6 Å². The van der Waals surface area contributed by atoms with Crippen molar-refractivity contribution in [2.24, 2.45) is 5.10 Å². The fourth-order valence-electron chi connectivity index (χ4n) is 3.64. The van der Waals surface area contributed by atoms with Crippen LogP contribution in [0.15, 0.2) is 90.3 Å². The molecule has 0 fully saturated rings. The standard InChI is InChI=1S/C25H19ClN6O/c1-17-24(31-14-6-5-9-23(31)28-17)25(33)29-27-15-22-21(18-10-12-19(26)13-11-18)16-32(30-22)20-7-3-2-4-8-20/h2-16H,1H3,(H,29,33)/b27-15-. The third-order valence-corrected chi connectivity index (χ3v) is 5.44. The van der Waals surface area contributed by atoms with Gasteiger partial charge in [0.2, 0.25) is 0 Å². The number of pyridine rings is 1. The Bertz CT molecular complexity index is 1470. The lowest BCUT2D eigenvalue weighted by molar-refractivity contribution is 0.0948. The van der Waals surface area contributed by atoms with Crippen molar-refractivity contribution in [2.45, 2.75) is 6.92 Å². The Morgan fingerprint density at radius 1 is 1.03 bits per heavy atom. The van der Waals surface area contributed by atoms with Gasteiger partial charge in [0.25, 0.3) is 5.91 Å². The van der Waals surface area contributed by atoms with Crippen molar-refractivity contribution < 1.29 is 4.79 Å². The van der Waals surface area contributed by atoms with Gasteiger partial charge in [-0.1, -0.05) is 48.0 Å². The highest BCUT2D eigenvalue weighted by Crippen LogP contribution is 2.25. The molecule has 2 aromatic carbocycles. The largest absolute Gasteiger partial charge is 0.295 e. The Morgan fingerprint density at radius 2 is 1.79 bits per heavy atom. The summed E-state index contributed by atoms with van der Waals surface area (Å²) in [6, 6.07) is 22.9. The third kappa shape index (κ3) is 4.14. The van der Waals surface area contributed by atoms with Crippen LogP contribution in [0.3, 0.4) is 0 Å². The Kier molecular flexibility index (Phi) is 5.46. The lowest BCUT2D eigenvalue weighted by Gasteiger charge is -2.02. The van der Waals surface area contributed by atoms with E-state index < -0.39 is 0 Å². The molecule has 3 heterocycles. The second-order valence-corrected chi connectivity index (χ2v) is 7.83. The van der Waals surface area contributed by atoms with Crippen LogP contribution in [-0.2, 0) is 0 Å². The van der Waals surface area contributed by atoms with Crippen LogP contribution in [0.4, 0.5) is 0 Å². The van der Waals surface area contributed by atoms with Gasteiger partial charge in [-0.15, -0.1) is 0 Å². The second kappa shape index (κ2) is 8.72. The van der Waals surface area contributed by atoms with Gasteiger partial charge in [0.15, 0.2) is 0 Å². The zero-order valence-corrected chi connectivity index (χ0v) is 18.4. The van der Waals surface area contributed by atoms with E-state index in [1.807, 2.05) is 79.0 Å². The SMILES string of the molecule is Cc1nc2ccccn2c1C(=O)N/N=C\c1nn(-c2ccccc2)cc1-c1ccc(Cl)cc1. The molecule has 0 spiro atoms. The number of hydrogen-bond acceptors (Lipinski definition) is 4. The maximum absolute atomic E-state index is 12.8. The number of carbonyl (C=O) groups excluding carboxylic acids is 1. The van der Waals surface area contributed by atoms with Gasteiger partial charge >= 0.3 is 0 Å². The minimum atomic E-state index is -0.349. The van der Waals surface area contributed by atoms with Crippen LogP contribution >= 0.6 is 11.6 Å². The smallest absolute Gasteiger partial charge is 0.290 e. The van der Waals surface area contributed by atoms with Crippen molar-refractivity contribution in [3.63, 3.8) is 0 Å². The Morgan fingerprint density at radius 3 is 2.58 bits per heavy atom. The highest BCUT2D eigenvalue weighted by molar-refractivity contribution is 6.30. The molecule has 33 heavy (non-hydrogen) atoms. The van der Waals surface area contributed by atoms with E-state index in [0.717, 1.165) is 16.8 Å². The summed E-state index contributed by atoms with van der Waals surface area (Å²) < 4.78 is 3.52. The predicted molar refractivity (Wildman–Crippen MR) is 129 cm³/mol. The number of aryl methyl sites for hydroxylation is 1. The first-order valence-electron chi connectivity index (χ1n) is 10.3. The van der Waals surface area contributed by atoms with Crippen LogP contribution in [0.2, 0.25) is 5.02 Å². The van der Waals surface area contributed by atoms with Crippen LogP contribution < -0.4 is 5.43 Å². The van der Waals surface area contributed by atoms with E-state index in [4.69, 9.17) is 11.6 Å². The number of imidazole rings is 1. The lowest BCUT2D eigenvalue weighted by Crippen LogP contribution is -2.20. The van der Waals surface area contributed by atoms with Crippen LogP contribution in [0.25, 0.3) is 22.5 Å². The molecule has 0 saturated carbocycles. The van der Waals surface area contributed by atoms with Crippen molar-refractivity contribution in [1.29, 1.82) is 0 Å². The number of hydrazone groups is 1. The number of para-hydroxylation sites is 1. The summed E-state index contributed by atoms with van der Waals surface area (Å²) in [5.74, 6) is -0.349. The summed E-state index contributed by atoms with van der Waals surface area (Å²) in [7, 11) is 0. The molecule has 0 unspecified atom stereocenters. The first-order chi connectivity index (χ1) is 16.1. The number of rotatable bonds is 5. The number of hydrogen-bond donors (Lipinski definition) is 1. The summed E-state index contributed by atoms with van der Waals surface area (Å²) >= 11 is 6.06. The summed E-state index contributed by atoms with van der Waals surface area (Å²) in [6.45, 7) is 1.80. The Balaban J connectivity index is 1.46. The molecule has 0 saturated heterocycles. The van der Waals surface area contributed by atoms with Crippen molar-refractivity contribution in [3.05, 3.63) is 107 Å². The van der Waals surface area contributed by atoms with E-state index in [2.05, 4.69) is 20.6 Å². The molecule has 0 aliphatic rings. The molecule has 162 valence electrons. The third-order valence-electron chi connectivity index (χ3n) is 5.19. The number of benzene rings is 2. The van der Waals surface area contributed by atoms with Gasteiger partial charge in [0, 0.05) is 23.0 Å². The second-order valence-electron chi connectivity index (χ2n) is 7.39. The molecule has 0 bridgehead atoms. The van der Waals surface area contributed by atoms with Crippen LogP contribution in [0, 0.1) is 6.92 Å². The number of nitrogens with zero attached hydrogens (tertiary/aromatic N) is 5. The highest BCUT2D eigenvalue weighted by atomic mass is 35.5. The molecule has 1 N–H and O–H groups in total. The molecule has 1 amide bonds. The van der Waals surface area contributed by atoms with Crippen molar-refractivity contribution in [3.8, 4) is 16.8 Å². The number of aromatic nitrogens is 4. The number of fused-ring (bicyclic) bond motifs is 1. The van der Waals surface area contributed by atoms with E-state index in [-0.39, 0.29) is 5.91 Å². The molecular weight excluding hydrogens is 436 g/mol. The summed E-state index contributed by atoms with van der Waals surface area (Å²) in [5, 5.41) is 9.51. The highest BCUT2D eigenvalue weighted by Gasteiger charge is 2.16. The van der Waals surface area contributed by atoms with Gasteiger partial charge in [-0.2, -0.15) is 10.2 Å². The zero-order valence-electron chi connectivity index (χ0n) is 17.7. The summed E-state index contributed by atoms with van der Waals surface area (Å²) in [6.07, 6.45) is 5.27. The van der Waals surface area contributed by atoms with E-state index in [1.165, 1.54) is 0 Å². The minimum absolute atomic E-state index is 0.349. The Hall–Kier alpha value is -4.23. The maximum Gasteiger partial charge on any atom is 0.290 e. The normalized spacial score (nSPS) is 11.3. The molecule has 0 aliphatic heterocycles. The quantitative estimate of drug-likeness (QED) is 0.302. The van der Waals surface area contributed by atoms with E-state index >= 15 is 0 Å². The average molecular weight is 455 g/mol. The fraction of sp³-hybridized carbons (Fsp3) is 0.0400. The fourth-order valence-corrected chi connectivity index (χ4v) is 3.77. The number of carbonyl (C=O) groups is 1. The van der Waals surface area contributed by atoms with Gasteiger partial charge in [-0.3, -0.25) is 9.20 Å². The summed E-state index contributed by atoms with van der Waals surface area (Å²) in [4.78, 5) is 17.2. The molecule has 3 aromatic heterocycles. The van der Waals surface area contributed by atoms with Gasteiger partial charge in [0.05, 0.1) is 17.6 Å². The molecular formula is C25H19ClN6O. The monoisotopic (exact) mass is 454 g/mol. The molecule has 5 rings (SSSR count). The van der Waals surface area contributed by atoms with Gasteiger partial charge < -0.3 is 0 Å². The van der Waals surface area contributed by atoms with Gasteiger partial charge in [-0.25, -0.2) is 15.1 Å². The van der Waals surface area contributed by atoms with Crippen molar-refractivity contribution in [1.82, 2.24) is 24.6 Å². The van der Waals surface area contributed by atoms with E-state index in [9.17, 15) is 4.79 Å². The van der Waals surface area contributed by atoms with Gasteiger partial charge in [0.1, 0.15) is 17.0 Å². The van der Waals surface area contributed by atoms with E-state index in [0.29, 0.717) is 27.8 Å². The van der Waals surface area contributed by atoms with Crippen LogP contribution in [0.1, 0.15) is 21.9 Å². The number of nitrogens with one attached hydrogen (secondary N) is 1. The molecule has 0 atom stereocenters.